The zero-order chi connectivity index (χ0) is 15.7. The summed E-state index contributed by atoms with van der Waals surface area (Å²) in [6.07, 6.45) is 0. The number of hydrogen-bond donors (Lipinski definition) is 0. The van der Waals surface area contributed by atoms with E-state index in [0.29, 0.717) is 12.5 Å². The van der Waals surface area contributed by atoms with Crippen LogP contribution in [0.15, 0.2) is 18.2 Å². The molecule has 0 saturated carbocycles. The number of rotatable bonds is 4. The highest BCUT2D eigenvalue weighted by Gasteiger charge is 2.15. The van der Waals surface area contributed by atoms with E-state index < -0.39 is 0 Å². The molecule has 1 aliphatic rings. The number of aryl methyl sites for hydroxylation is 1. The van der Waals surface area contributed by atoms with Crippen LogP contribution in [-0.4, -0.2) is 16.8 Å². The Hall–Kier alpha value is -2.30. The van der Waals surface area contributed by atoms with Crippen molar-refractivity contribution in [3.05, 3.63) is 40.8 Å². The van der Waals surface area contributed by atoms with Crippen LogP contribution in [0.1, 0.15) is 42.4 Å². The molecule has 1 aromatic carbocycles. The van der Waals surface area contributed by atoms with Gasteiger partial charge in [-0.2, -0.15) is 4.98 Å². The van der Waals surface area contributed by atoms with E-state index in [-0.39, 0.29) is 12.7 Å². The Bertz CT molecular complexity index is 699. The average Bonchev–Trinajstić information content (AvgIpc) is 2.95. The number of aromatic nitrogens is 2. The maximum absolute atomic E-state index is 5.91. The summed E-state index contributed by atoms with van der Waals surface area (Å²) in [6, 6.07) is 5.81. The molecule has 5 nitrogen and oxygen atoms in total. The Labute approximate surface area is 130 Å². The molecule has 0 saturated heterocycles. The van der Waals surface area contributed by atoms with Crippen LogP contribution in [-0.2, 0) is 6.61 Å². The Kier molecular flexibility index (Phi) is 3.88. The first-order valence-corrected chi connectivity index (χ1v) is 7.41. The summed E-state index contributed by atoms with van der Waals surface area (Å²) in [6.45, 7) is 8.83. The van der Waals surface area contributed by atoms with Gasteiger partial charge in [0.1, 0.15) is 12.4 Å². The van der Waals surface area contributed by atoms with Crippen LogP contribution in [0.4, 0.5) is 0 Å². The van der Waals surface area contributed by atoms with Crippen molar-refractivity contribution in [2.24, 2.45) is 0 Å². The lowest BCUT2D eigenvalue weighted by Crippen LogP contribution is -2.06. The molecule has 0 spiro atoms. The molecule has 2 aromatic rings. The highest BCUT2D eigenvalue weighted by atomic mass is 16.7. The molecule has 0 radical (unpaired) electrons. The van der Waals surface area contributed by atoms with Crippen LogP contribution in [0.5, 0.6) is 17.4 Å². The van der Waals surface area contributed by atoms with Gasteiger partial charge in [-0.3, -0.25) is 0 Å². The molecular formula is C17H20N2O3. The molecule has 116 valence electrons. The molecule has 22 heavy (non-hydrogen) atoms. The topological polar surface area (TPSA) is 53.5 Å². The van der Waals surface area contributed by atoms with Gasteiger partial charge in [0.15, 0.2) is 11.5 Å². The third-order valence-electron chi connectivity index (χ3n) is 3.69. The summed E-state index contributed by atoms with van der Waals surface area (Å²) in [7, 11) is 0. The summed E-state index contributed by atoms with van der Waals surface area (Å²) < 4.78 is 16.6. The van der Waals surface area contributed by atoms with Crippen LogP contribution >= 0.6 is 0 Å². The molecule has 0 aliphatic carbocycles. The molecule has 0 atom stereocenters. The van der Waals surface area contributed by atoms with Crippen molar-refractivity contribution in [2.75, 3.05) is 6.79 Å². The van der Waals surface area contributed by atoms with E-state index >= 15 is 0 Å². The molecule has 2 heterocycles. The average molecular weight is 300 g/mol. The van der Waals surface area contributed by atoms with Crippen molar-refractivity contribution < 1.29 is 14.2 Å². The van der Waals surface area contributed by atoms with Gasteiger partial charge in [-0.05, 0) is 31.5 Å². The SMILES string of the molecule is Cc1nc(C(C)C)nc(OCc2ccc3c(c2)OCO3)c1C. The van der Waals surface area contributed by atoms with Gasteiger partial charge in [-0.25, -0.2) is 4.98 Å². The second-order valence-electron chi connectivity index (χ2n) is 5.73. The van der Waals surface area contributed by atoms with Crippen LogP contribution in [0, 0.1) is 13.8 Å². The van der Waals surface area contributed by atoms with Gasteiger partial charge in [-0.15, -0.1) is 0 Å². The predicted octanol–water partition coefficient (Wildman–Crippen LogP) is 3.52. The van der Waals surface area contributed by atoms with Crippen molar-refractivity contribution >= 4 is 0 Å². The van der Waals surface area contributed by atoms with Crippen molar-refractivity contribution in [3.63, 3.8) is 0 Å². The number of hydrogen-bond acceptors (Lipinski definition) is 5. The largest absolute Gasteiger partial charge is 0.473 e. The third kappa shape index (κ3) is 2.84. The zero-order valence-corrected chi connectivity index (χ0v) is 13.3. The maximum atomic E-state index is 5.91. The van der Waals surface area contributed by atoms with E-state index in [9.17, 15) is 0 Å². The lowest BCUT2D eigenvalue weighted by Gasteiger charge is -2.13. The normalized spacial score (nSPS) is 12.8. The smallest absolute Gasteiger partial charge is 0.231 e. The van der Waals surface area contributed by atoms with Crippen LogP contribution in [0.3, 0.4) is 0 Å². The maximum Gasteiger partial charge on any atom is 0.231 e. The summed E-state index contributed by atoms with van der Waals surface area (Å²) in [5.41, 5.74) is 2.95. The minimum atomic E-state index is 0.271. The third-order valence-corrected chi connectivity index (χ3v) is 3.69. The van der Waals surface area contributed by atoms with E-state index in [1.54, 1.807) is 0 Å². The lowest BCUT2D eigenvalue weighted by molar-refractivity contribution is 0.174. The van der Waals surface area contributed by atoms with Gasteiger partial charge in [0, 0.05) is 17.2 Å². The molecule has 5 heteroatoms. The fourth-order valence-electron chi connectivity index (χ4n) is 2.20. The van der Waals surface area contributed by atoms with E-state index in [4.69, 9.17) is 14.2 Å². The van der Waals surface area contributed by atoms with Gasteiger partial charge in [0.25, 0.3) is 0 Å². The predicted molar refractivity (Wildman–Crippen MR) is 82.5 cm³/mol. The second-order valence-corrected chi connectivity index (χ2v) is 5.73. The van der Waals surface area contributed by atoms with E-state index in [1.807, 2.05) is 32.0 Å². The first kappa shape index (κ1) is 14.6. The number of ether oxygens (including phenoxy) is 3. The van der Waals surface area contributed by atoms with Gasteiger partial charge in [-0.1, -0.05) is 19.9 Å². The zero-order valence-electron chi connectivity index (χ0n) is 13.3. The molecule has 0 amide bonds. The molecular weight excluding hydrogens is 280 g/mol. The quantitative estimate of drug-likeness (QED) is 0.864. The van der Waals surface area contributed by atoms with Gasteiger partial charge >= 0.3 is 0 Å². The van der Waals surface area contributed by atoms with Crippen molar-refractivity contribution in [2.45, 2.75) is 40.2 Å². The first-order valence-electron chi connectivity index (χ1n) is 7.41. The summed E-state index contributed by atoms with van der Waals surface area (Å²) >= 11 is 0. The Balaban J connectivity index is 1.79. The molecule has 0 bridgehead atoms. The Morgan fingerprint density at radius 1 is 1.14 bits per heavy atom. The monoisotopic (exact) mass is 300 g/mol. The highest BCUT2D eigenvalue weighted by Crippen LogP contribution is 2.33. The molecule has 0 fully saturated rings. The fraction of sp³-hybridized carbons (Fsp3) is 0.412. The van der Waals surface area contributed by atoms with Gasteiger partial charge in [0.2, 0.25) is 12.7 Å². The van der Waals surface area contributed by atoms with Gasteiger partial charge in [0.05, 0.1) is 0 Å². The molecule has 0 N–H and O–H groups in total. The Morgan fingerprint density at radius 3 is 2.68 bits per heavy atom. The number of fused-ring (bicyclic) bond motifs is 1. The van der Waals surface area contributed by atoms with Crippen molar-refractivity contribution in [1.82, 2.24) is 9.97 Å². The summed E-state index contributed by atoms with van der Waals surface area (Å²) in [5.74, 6) is 3.27. The second kappa shape index (κ2) is 5.83. The molecule has 0 unspecified atom stereocenters. The standard InChI is InChI=1S/C17H20N2O3/c1-10(2)16-18-12(4)11(3)17(19-16)20-8-13-5-6-14-15(7-13)22-9-21-14/h5-7,10H,8-9H2,1-4H3. The Morgan fingerprint density at radius 2 is 1.91 bits per heavy atom. The summed E-state index contributed by atoms with van der Waals surface area (Å²) in [4.78, 5) is 9.04. The van der Waals surface area contributed by atoms with E-state index in [1.165, 1.54) is 0 Å². The van der Waals surface area contributed by atoms with Crippen LogP contribution in [0.25, 0.3) is 0 Å². The van der Waals surface area contributed by atoms with E-state index in [2.05, 4.69) is 23.8 Å². The molecule has 3 rings (SSSR count). The van der Waals surface area contributed by atoms with E-state index in [0.717, 1.165) is 34.1 Å². The van der Waals surface area contributed by atoms with Crippen molar-refractivity contribution in [3.8, 4) is 17.4 Å². The highest BCUT2D eigenvalue weighted by molar-refractivity contribution is 5.44. The molecule has 1 aromatic heterocycles. The minimum Gasteiger partial charge on any atom is -0.473 e. The minimum absolute atomic E-state index is 0.271. The first-order chi connectivity index (χ1) is 10.5. The number of nitrogens with zero attached hydrogens (tertiary/aromatic N) is 2. The van der Waals surface area contributed by atoms with Crippen LogP contribution in [0.2, 0.25) is 0 Å². The van der Waals surface area contributed by atoms with Crippen molar-refractivity contribution in [1.29, 1.82) is 0 Å². The van der Waals surface area contributed by atoms with Gasteiger partial charge < -0.3 is 14.2 Å². The number of benzene rings is 1. The lowest BCUT2D eigenvalue weighted by atomic mass is 10.2. The fourth-order valence-corrected chi connectivity index (χ4v) is 2.20. The van der Waals surface area contributed by atoms with Crippen LogP contribution < -0.4 is 14.2 Å². The summed E-state index contributed by atoms with van der Waals surface area (Å²) in [5, 5.41) is 0. The molecule has 1 aliphatic heterocycles.